The summed E-state index contributed by atoms with van der Waals surface area (Å²) in [5, 5.41) is 2.76. The molecule has 0 aromatic heterocycles. The second kappa shape index (κ2) is 9.15. The average Bonchev–Trinajstić information content (AvgIpc) is 2.51. The summed E-state index contributed by atoms with van der Waals surface area (Å²) in [5.41, 5.74) is 6.55. The molecule has 0 saturated carbocycles. The summed E-state index contributed by atoms with van der Waals surface area (Å²) in [6.07, 6.45) is 0.604. The second-order valence-corrected chi connectivity index (χ2v) is 5.87. The van der Waals surface area contributed by atoms with Crippen LogP contribution >= 0.6 is 0 Å². The number of nitrogens with two attached hydrogens (primary N) is 1. The molecule has 23 heavy (non-hydrogen) atoms. The molecule has 1 aromatic rings. The Morgan fingerprint density at radius 1 is 1.35 bits per heavy atom. The van der Waals surface area contributed by atoms with Crippen molar-refractivity contribution in [2.75, 3.05) is 25.5 Å². The SMILES string of the molecule is CCN(CC(=O)Nc1cccc(OC)c1)C(=O)[C@@H](N)CC(C)C. The minimum absolute atomic E-state index is 0.0155. The quantitative estimate of drug-likeness (QED) is 0.765. The number of hydrogen-bond acceptors (Lipinski definition) is 4. The van der Waals surface area contributed by atoms with Crippen LogP contribution in [0.2, 0.25) is 0 Å². The zero-order valence-corrected chi connectivity index (χ0v) is 14.3. The van der Waals surface area contributed by atoms with Crippen LogP contribution in [-0.2, 0) is 9.59 Å². The molecule has 128 valence electrons. The molecule has 0 spiro atoms. The number of hydrogen-bond donors (Lipinski definition) is 2. The molecule has 3 N–H and O–H groups in total. The number of amides is 2. The smallest absolute Gasteiger partial charge is 0.243 e. The number of nitrogens with one attached hydrogen (secondary N) is 1. The third-order valence-corrected chi connectivity index (χ3v) is 3.42. The lowest BCUT2D eigenvalue weighted by Crippen LogP contribution is -2.47. The van der Waals surface area contributed by atoms with Gasteiger partial charge in [0.1, 0.15) is 5.75 Å². The van der Waals surface area contributed by atoms with Crippen molar-refractivity contribution >= 4 is 17.5 Å². The number of ether oxygens (including phenoxy) is 1. The molecule has 6 nitrogen and oxygen atoms in total. The van der Waals surface area contributed by atoms with Crippen molar-refractivity contribution in [3.8, 4) is 5.75 Å². The van der Waals surface area contributed by atoms with Crippen molar-refractivity contribution in [2.24, 2.45) is 11.7 Å². The highest BCUT2D eigenvalue weighted by Gasteiger charge is 2.22. The van der Waals surface area contributed by atoms with Crippen LogP contribution in [0.15, 0.2) is 24.3 Å². The Kier molecular flexibility index (Phi) is 7.54. The van der Waals surface area contributed by atoms with Crippen LogP contribution < -0.4 is 15.8 Å². The fourth-order valence-corrected chi connectivity index (χ4v) is 2.26. The van der Waals surface area contributed by atoms with Gasteiger partial charge >= 0.3 is 0 Å². The van der Waals surface area contributed by atoms with Crippen LogP contribution in [0.1, 0.15) is 27.2 Å². The van der Waals surface area contributed by atoms with Crippen LogP contribution in [0.4, 0.5) is 5.69 Å². The van der Waals surface area contributed by atoms with Crippen LogP contribution in [-0.4, -0.2) is 43.0 Å². The molecule has 0 fully saturated rings. The molecule has 0 aliphatic heterocycles. The highest BCUT2D eigenvalue weighted by Crippen LogP contribution is 2.16. The summed E-state index contributed by atoms with van der Waals surface area (Å²) in [6.45, 7) is 6.28. The van der Waals surface area contributed by atoms with Crippen LogP contribution in [0.3, 0.4) is 0 Å². The van der Waals surface area contributed by atoms with Gasteiger partial charge < -0.3 is 20.7 Å². The van der Waals surface area contributed by atoms with Gasteiger partial charge in [-0.3, -0.25) is 9.59 Å². The van der Waals surface area contributed by atoms with E-state index in [2.05, 4.69) is 5.32 Å². The zero-order chi connectivity index (χ0) is 17.4. The van der Waals surface area contributed by atoms with E-state index in [4.69, 9.17) is 10.5 Å². The van der Waals surface area contributed by atoms with Crippen LogP contribution in [0, 0.1) is 5.92 Å². The van der Waals surface area contributed by atoms with E-state index in [0.29, 0.717) is 30.3 Å². The lowest BCUT2D eigenvalue weighted by atomic mass is 10.0. The number of methoxy groups -OCH3 is 1. The Labute approximate surface area is 138 Å². The molecular formula is C17H27N3O3. The van der Waals surface area contributed by atoms with Gasteiger partial charge in [-0.2, -0.15) is 0 Å². The first-order chi connectivity index (χ1) is 10.9. The second-order valence-electron chi connectivity index (χ2n) is 5.87. The fourth-order valence-electron chi connectivity index (χ4n) is 2.26. The molecule has 0 bridgehead atoms. The van der Waals surface area contributed by atoms with Crippen LogP contribution in [0.25, 0.3) is 0 Å². The summed E-state index contributed by atoms with van der Waals surface area (Å²) in [7, 11) is 1.56. The first kappa shape index (κ1) is 19.0. The standard InChI is InChI=1S/C17H27N3O3/c1-5-20(17(22)15(18)9-12(2)3)11-16(21)19-13-7-6-8-14(10-13)23-4/h6-8,10,12,15H,5,9,11,18H2,1-4H3,(H,19,21)/t15-/m0/s1. The lowest BCUT2D eigenvalue weighted by Gasteiger charge is -2.24. The number of nitrogens with zero attached hydrogens (tertiary/aromatic N) is 1. The topological polar surface area (TPSA) is 84.7 Å². The van der Waals surface area contributed by atoms with Crippen molar-refractivity contribution in [1.29, 1.82) is 0 Å². The summed E-state index contributed by atoms with van der Waals surface area (Å²) in [4.78, 5) is 25.9. The van der Waals surface area contributed by atoms with Gasteiger partial charge in [0.2, 0.25) is 11.8 Å². The number of carbonyl (C=O) groups excluding carboxylic acids is 2. The maximum absolute atomic E-state index is 12.3. The summed E-state index contributed by atoms with van der Waals surface area (Å²) >= 11 is 0. The van der Waals surface area contributed by atoms with Crippen molar-refractivity contribution in [3.05, 3.63) is 24.3 Å². The predicted octanol–water partition coefficient (Wildman–Crippen LogP) is 1.86. The van der Waals surface area contributed by atoms with Gasteiger partial charge in [-0.25, -0.2) is 0 Å². The van der Waals surface area contributed by atoms with Crippen molar-refractivity contribution in [2.45, 2.75) is 33.2 Å². The third kappa shape index (κ3) is 6.28. The Balaban J connectivity index is 2.63. The largest absolute Gasteiger partial charge is 0.497 e. The molecule has 0 aliphatic rings. The third-order valence-electron chi connectivity index (χ3n) is 3.42. The van der Waals surface area contributed by atoms with Gasteiger partial charge in [-0.1, -0.05) is 19.9 Å². The minimum atomic E-state index is -0.570. The lowest BCUT2D eigenvalue weighted by molar-refractivity contribution is -0.135. The summed E-state index contributed by atoms with van der Waals surface area (Å²) in [5.74, 6) is 0.538. The van der Waals surface area contributed by atoms with Gasteiger partial charge in [-0.15, -0.1) is 0 Å². The van der Waals surface area contributed by atoms with E-state index in [1.807, 2.05) is 20.8 Å². The number of likely N-dealkylation sites (N-methyl/N-ethyl adjacent to an activating group) is 1. The molecule has 0 heterocycles. The van der Waals surface area contributed by atoms with Crippen molar-refractivity contribution in [1.82, 2.24) is 4.90 Å². The molecule has 6 heteroatoms. The van der Waals surface area contributed by atoms with Gasteiger partial charge in [0, 0.05) is 18.3 Å². The molecule has 1 atom stereocenters. The Morgan fingerprint density at radius 3 is 2.61 bits per heavy atom. The van der Waals surface area contributed by atoms with Gasteiger partial charge in [0.05, 0.1) is 19.7 Å². The van der Waals surface area contributed by atoms with Crippen molar-refractivity contribution in [3.63, 3.8) is 0 Å². The number of rotatable bonds is 8. The maximum atomic E-state index is 12.3. The maximum Gasteiger partial charge on any atom is 0.243 e. The van der Waals surface area contributed by atoms with Crippen LogP contribution in [0.5, 0.6) is 5.75 Å². The van der Waals surface area contributed by atoms with Gasteiger partial charge in [0.15, 0.2) is 0 Å². The highest BCUT2D eigenvalue weighted by atomic mass is 16.5. The minimum Gasteiger partial charge on any atom is -0.497 e. The first-order valence-corrected chi connectivity index (χ1v) is 7.85. The van der Waals surface area contributed by atoms with E-state index in [-0.39, 0.29) is 18.4 Å². The Morgan fingerprint density at radius 2 is 2.04 bits per heavy atom. The molecule has 0 aliphatic carbocycles. The average molecular weight is 321 g/mol. The van der Waals surface area contributed by atoms with E-state index < -0.39 is 6.04 Å². The first-order valence-electron chi connectivity index (χ1n) is 7.85. The molecule has 0 unspecified atom stereocenters. The number of benzene rings is 1. The van der Waals surface area contributed by atoms with Gasteiger partial charge in [-0.05, 0) is 31.4 Å². The normalized spacial score (nSPS) is 11.9. The molecular weight excluding hydrogens is 294 g/mol. The molecule has 0 saturated heterocycles. The summed E-state index contributed by atoms with van der Waals surface area (Å²) in [6, 6.07) is 6.50. The zero-order valence-electron chi connectivity index (χ0n) is 14.3. The molecule has 1 rings (SSSR count). The van der Waals surface area contributed by atoms with Gasteiger partial charge in [0.25, 0.3) is 0 Å². The van der Waals surface area contributed by atoms with E-state index in [0.717, 1.165) is 0 Å². The highest BCUT2D eigenvalue weighted by molar-refractivity contribution is 5.95. The van der Waals surface area contributed by atoms with Crippen molar-refractivity contribution < 1.29 is 14.3 Å². The Bertz CT molecular complexity index is 532. The van der Waals surface area contributed by atoms with E-state index in [1.54, 1.807) is 31.4 Å². The summed E-state index contributed by atoms with van der Waals surface area (Å²) < 4.78 is 5.11. The monoisotopic (exact) mass is 321 g/mol. The number of anilines is 1. The van der Waals surface area contributed by atoms with E-state index in [1.165, 1.54) is 4.90 Å². The molecule has 2 amide bonds. The fraction of sp³-hybridized carbons (Fsp3) is 0.529. The van der Waals surface area contributed by atoms with E-state index >= 15 is 0 Å². The molecule has 0 radical (unpaired) electrons. The molecule has 1 aromatic carbocycles. The van der Waals surface area contributed by atoms with E-state index in [9.17, 15) is 9.59 Å². The predicted molar refractivity (Wildman–Crippen MR) is 91.3 cm³/mol. The Hall–Kier alpha value is -2.08. The number of carbonyl (C=O) groups is 2.